The Kier molecular flexibility index (Phi) is 7.85. The van der Waals surface area contributed by atoms with Gasteiger partial charge in [-0.1, -0.05) is 41.4 Å². The molecule has 0 N–H and O–H groups in total. The van der Waals surface area contributed by atoms with Crippen LogP contribution in [0.1, 0.15) is 11.1 Å². The third kappa shape index (κ3) is 11.9. The second kappa shape index (κ2) is 8.27. The van der Waals surface area contributed by atoms with Gasteiger partial charge in [-0.15, -0.1) is 10.2 Å². The Balaban J connectivity index is 0.000000555. The van der Waals surface area contributed by atoms with E-state index in [9.17, 15) is 0 Å². The number of aryl methyl sites for hydroxylation is 1. The van der Waals surface area contributed by atoms with Crippen molar-refractivity contribution in [1.82, 2.24) is 0 Å². The van der Waals surface area contributed by atoms with E-state index in [-0.39, 0.29) is 0 Å². The van der Waals surface area contributed by atoms with Gasteiger partial charge in [0.2, 0.25) is 0 Å². The summed E-state index contributed by atoms with van der Waals surface area (Å²) in [6.45, 7) is 2.06. The molecule has 0 spiro atoms. The van der Waals surface area contributed by atoms with Crippen LogP contribution in [0.25, 0.3) is 5.03 Å². The van der Waals surface area contributed by atoms with Crippen LogP contribution in [0.15, 0.2) is 30.3 Å². The van der Waals surface area contributed by atoms with Crippen LogP contribution in [-0.4, -0.2) is 24.9 Å². The zero-order valence-corrected chi connectivity index (χ0v) is 12.3. The van der Waals surface area contributed by atoms with Crippen LogP contribution in [0.3, 0.4) is 0 Å². The fourth-order valence-electron chi connectivity index (χ4n) is 1.02. The van der Waals surface area contributed by atoms with Gasteiger partial charge in [0.25, 0.3) is 0 Å². The van der Waals surface area contributed by atoms with Gasteiger partial charge in [-0.05, 0) is 12.5 Å². The van der Waals surface area contributed by atoms with Crippen molar-refractivity contribution in [3.8, 4) is 0 Å². The van der Waals surface area contributed by atoms with Crippen molar-refractivity contribution in [3.63, 3.8) is 0 Å². The summed E-state index contributed by atoms with van der Waals surface area (Å²) in [6.07, 6.45) is 3.83. The summed E-state index contributed by atoms with van der Waals surface area (Å²) in [5.74, 6) is 0. The van der Waals surface area contributed by atoms with Gasteiger partial charge >= 0.3 is 0 Å². The van der Waals surface area contributed by atoms with Crippen molar-refractivity contribution in [1.29, 1.82) is 0 Å². The third-order valence-corrected chi connectivity index (χ3v) is 2.19. The van der Waals surface area contributed by atoms with E-state index in [2.05, 4.69) is 19.1 Å². The van der Waals surface area contributed by atoms with E-state index in [0.717, 1.165) is 10.6 Å². The third-order valence-electron chi connectivity index (χ3n) is 1.85. The molecule has 5 nitrogen and oxygen atoms in total. The first-order valence-electron chi connectivity index (χ1n) is 5.15. The number of nitrogens with zero attached hydrogens (tertiary/aromatic N) is 1. The van der Waals surface area contributed by atoms with Crippen LogP contribution in [0.5, 0.6) is 0 Å². The minimum atomic E-state index is -4.94. The second-order valence-electron chi connectivity index (χ2n) is 3.87. The van der Waals surface area contributed by atoms with Crippen LogP contribution in [0.2, 0.25) is 0 Å². The van der Waals surface area contributed by atoms with E-state index in [1.54, 1.807) is 0 Å². The van der Waals surface area contributed by atoms with Gasteiger partial charge in [0.15, 0.2) is 6.21 Å². The van der Waals surface area contributed by atoms with Crippen molar-refractivity contribution in [3.05, 3.63) is 41.5 Å². The molecule has 0 saturated carbocycles. The SMILES string of the molecule is Cc1ccc(C(Cl)=CC=[N+](C)C)cc1.[O-][Cl+3]([O-])([O-])[O-]. The molecule has 0 saturated heterocycles. The molecule has 0 aliphatic carbocycles. The molecule has 0 unspecified atom stereocenters. The van der Waals surface area contributed by atoms with Crippen molar-refractivity contribution < 1.29 is 33.5 Å². The molecule has 1 rings (SSSR count). The van der Waals surface area contributed by atoms with Gasteiger partial charge in [-0.2, -0.15) is 0 Å². The maximum absolute atomic E-state index is 8.49. The lowest BCUT2D eigenvalue weighted by molar-refractivity contribution is -2.00. The molecular weight excluding hydrogens is 293 g/mol. The fourth-order valence-corrected chi connectivity index (χ4v) is 1.21. The maximum atomic E-state index is 8.49. The predicted molar refractivity (Wildman–Crippen MR) is 63.2 cm³/mol. The van der Waals surface area contributed by atoms with Crippen LogP contribution >= 0.6 is 11.6 Å². The van der Waals surface area contributed by atoms with Crippen molar-refractivity contribution >= 4 is 22.8 Å². The molecule has 0 bridgehead atoms. The largest absolute Gasteiger partial charge is 0.241 e. The van der Waals surface area contributed by atoms with E-state index < -0.39 is 10.2 Å². The highest BCUT2D eigenvalue weighted by Gasteiger charge is 1.96. The van der Waals surface area contributed by atoms with Gasteiger partial charge < -0.3 is 0 Å². The Bertz CT molecular complexity index is 440. The Labute approximate surface area is 119 Å². The van der Waals surface area contributed by atoms with Gasteiger partial charge in [0.05, 0.1) is 5.03 Å². The molecule has 0 aliphatic rings. The smallest absolute Gasteiger partial charge is 0.164 e. The Hall–Kier alpha value is -0.950. The summed E-state index contributed by atoms with van der Waals surface area (Å²) < 4.78 is 35.9. The molecule has 0 aromatic heterocycles. The average Bonchev–Trinajstić information content (AvgIpc) is 2.24. The number of hydrogen-bond acceptors (Lipinski definition) is 4. The summed E-state index contributed by atoms with van der Waals surface area (Å²) in [7, 11) is -1.01. The summed E-state index contributed by atoms with van der Waals surface area (Å²) in [5.41, 5.74) is 2.30. The van der Waals surface area contributed by atoms with Gasteiger partial charge in [0, 0.05) is 6.08 Å². The van der Waals surface area contributed by atoms with Crippen LogP contribution in [0.4, 0.5) is 0 Å². The number of hydrogen-bond donors (Lipinski definition) is 0. The molecule has 0 heterocycles. The number of benzene rings is 1. The summed E-state index contributed by atoms with van der Waals surface area (Å²) in [4.78, 5) is 0. The second-order valence-corrected chi connectivity index (χ2v) is 5.03. The van der Waals surface area contributed by atoms with Gasteiger partial charge in [0.1, 0.15) is 14.1 Å². The van der Waals surface area contributed by atoms with Crippen molar-refractivity contribution in [2.45, 2.75) is 6.92 Å². The van der Waals surface area contributed by atoms with Crippen LogP contribution in [-0.2, 0) is 0 Å². The fraction of sp³-hybridized carbons (Fsp3) is 0.250. The first-order valence-corrected chi connectivity index (χ1v) is 6.76. The number of allylic oxidation sites excluding steroid dienone is 1. The average molecular weight is 308 g/mol. The zero-order chi connectivity index (χ0) is 15.1. The molecule has 7 heteroatoms. The van der Waals surface area contributed by atoms with Crippen LogP contribution < -0.4 is 18.6 Å². The number of rotatable bonds is 2. The lowest BCUT2D eigenvalue weighted by Crippen LogP contribution is -2.68. The number of halogens is 2. The highest BCUT2D eigenvalue weighted by atomic mass is 35.7. The van der Waals surface area contributed by atoms with Gasteiger partial charge in [-0.25, -0.2) is 23.2 Å². The minimum Gasteiger partial charge on any atom is -0.241 e. The van der Waals surface area contributed by atoms with E-state index >= 15 is 0 Å². The lowest BCUT2D eigenvalue weighted by atomic mass is 10.1. The quantitative estimate of drug-likeness (QED) is 0.474. The maximum Gasteiger partial charge on any atom is 0.164 e. The highest BCUT2D eigenvalue weighted by Crippen LogP contribution is 2.18. The molecule has 0 amide bonds. The first-order chi connectivity index (χ1) is 8.59. The van der Waals surface area contributed by atoms with E-state index in [0.29, 0.717) is 0 Å². The highest BCUT2D eigenvalue weighted by molar-refractivity contribution is 6.49. The lowest BCUT2D eigenvalue weighted by Gasteiger charge is -2.17. The molecule has 19 heavy (non-hydrogen) atoms. The zero-order valence-electron chi connectivity index (χ0n) is 10.8. The van der Waals surface area contributed by atoms with Crippen LogP contribution in [0, 0.1) is 17.2 Å². The first kappa shape index (κ1) is 18.0. The molecule has 0 fully saturated rings. The summed E-state index contributed by atoms with van der Waals surface area (Å²) in [5, 5.41) is 0.763. The standard InChI is InChI=1S/C12H15ClN.ClHO4/c1-10-4-6-11(7-5-10)12(13)8-9-14(2)3;2-1(3,4)5/h4-9H,1-3H3;(H,2,3,4,5)/q+1;/p-1. The van der Waals surface area contributed by atoms with E-state index in [1.165, 1.54) is 5.56 Å². The molecule has 0 radical (unpaired) electrons. The molecule has 106 valence electrons. The Morgan fingerprint density at radius 3 is 1.89 bits per heavy atom. The normalized spacial score (nSPS) is 11.5. The topological polar surface area (TPSA) is 95.2 Å². The van der Waals surface area contributed by atoms with Crippen molar-refractivity contribution in [2.75, 3.05) is 14.1 Å². The Morgan fingerprint density at radius 1 is 1.11 bits per heavy atom. The molecule has 0 atom stereocenters. The monoisotopic (exact) mass is 307 g/mol. The predicted octanol–water partition coefficient (Wildman–Crippen LogP) is -1.84. The van der Waals surface area contributed by atoms with E-state index in [1.807, 2.05) is 43.1 Å². The molecule has 1 aromatic carbocycles. The van der Waals surface area contributed by atoms with E-state index in [4.69, 9.17) is 30.2 Å². The molecule has 1 aromatic rings. The minimum absolute atomic E-state index is 0.763. The molecular formula is C12H15Cl2NO4. The summed E-state index contributed by atoms with van der Waals surface area (Å²) in [6, 6.07) is 8.16. The molecule has 0 aliphatic heterocycles. The van der Waals surface area contributed by atoms with Gasteiger partial charge in [-0.3, -0.25) is 0 Å². The summed E-state index contributed by atoms with van der Waals surface area (Å²) >= 11 is 6.11. The van der Waals surface area contributed by atoms with Crippen molar-refractivity contribution in [2.24, 2.45) is 0 Å². The Morgan fingerprint density at radius 2 is 1.53 bits per heavy atom.